The second kappa shape index (κ2) is 14.1. The van der Waals surface area contributed by atoms with Crippen LogP contribution in [0.5, 0.6) is 5.75 Å². The van der Waals surface area contributed by atoms with Crippen LogP contribution in [0.4, 0.5) is 0 Å². The molecule has 1 fully saturated rings. The van der Waals surface area contributed by atoms with E-state index < -0.39 is 22.9 Å². The second-order valence-electron chi connectivity index (χ2n) is 9.85. The van der Waals surface area contributed by atoms with E-state index in [0.29, 0.717) is 37.2 Å². The topological polar surface area (TPSA) is 93.1 Å². The van der Waals surface area contributed by atoms with Gasteiger partial charge in [0.2, 0.25) is 0 Å². The molecule has 5 atom stereocenters. The molecule has 6 nitrogen and oxygen atoms in total. The number of halogens is 1. The molecule has 8 heteroatoms. The lowest BCUT2D eigenvalue weighted by Gasteiger charge is -2.34. The molecular weight excluding hydrogens is 536 g/mol. The van der Waals surface area contributed by atoms with E-state index in [1.165, 1.54) is 0 Å². The van der Waals surface area contributed by atoms with Crippen molar-refractivity contribution in [2.24, 2.45) is 0 Å². The number of carboxylic acids is 1. The molecule has 208 valence electrons. The number of rotatable bonds is 11. The first-order valence-electron chi connectivity index (χ1n) is 13.3. The number of aliphatic hydroxyl groups is 1. The number of aliphatic hydroxyl groups excluding tert-OH is 1. The fourth-order valence-corrected chi connectivity index (χ4v) is 6.23. The van der Waals surface area contributed by atoms with Crippen molar-refractivity contribution in [2.45, 2.75) is 67.6 Å². The second-order valence-corrected chi connectivity index (χ2v) is 11.8. The zero-order valence-corrected chi connectivity index (χ0v) is 23.6. The van der Waals surface area contributed by atoms with E-state index in [4.69, 9.17) is 26.2 Å². The average molecular weight is 571 g/mol. The van der Waals surface area contributed by atoms with Crippen molar-refractivity contribution in [3.05, 3.63) is 95.1 Å². The van der Waals surface area contributed by atoms with Crippen LogP contribution in [0.1, 0.15) is 37.3 Å². The molecule has 5 unspecified atom stereocenters. The van der Waals surface area contributed by atoms with Gasteiger partial charge in [-0.25, -0.2) is 0 Å². The van der Waals surface area contributed by atoms with Crippen LogP contribution >= 0.6 is 11.6 Å². The molecule has 0 amide bonds. The maximum Gasteiger partial charge on any atom is 0.303 e. The SMILES string of the molecule is CCOc1ccc(CC2=CC(C3CC(O)CC(CS(=O)c4ccc(CCC(=O)O)cc4)O3)=CC=CC2Cl)cc1. The molecule has 2 aromatic rings. The third kappa shape index (κ3) is 8.64. The highest BCUT2D eigenvalue weighted by Gasteiger charge is 2.32. The average Bonchev–Trinajstić information content (AvgIpc) is 3.10. The van der Waals surface area contributed by atoms with Gasteiger partial charge >= 0.3 is 5.97 Å². The van der Waals surface area contributed by atoms with Crippen molar-refractivity contribution in [3.8, 4) is 5.75 Å². The van der Waals surface area contributed by atoms with Gasteiger partial charge in [0.15, 0.2) is 0 Å². The van der Waals surface area contributed by atoms with Crippen molar-refractivity contribution in [2.75, 3.05) is 12.4 Å². The van der Waals surface area contributed by atoms with Crippen LogP contribution in [0.15, 0.2) is 88.9 Å². The van der Waals surface area contributed by atoms with Crippen molar-refractivity contribution >= 4 is 28.4 Å². The summed E-state index contributed by atoms with van der Waals surface area (Å²) < 4.78 is 25.0. The Morgan fingerprint density at radius 1 is 1.10 bits per heavy atom. The molecule has 0 bridgehead atoms. The number of alkyl halides is 1. The van der Waals surface area contributed by atoms with Crippen molar-refractivity contribution in [1.29, 1.82) is 0 Å². The van der Waals surface area contributed by atoms with Crippen molar-refractivity contribution in [1.82, 2.24) is 0 Å². The Hall–Kier alpha value is -2.71. The van der Waals surface area contributed by atoms with E-state index in [0.717, 1.165) is 28.0 Å². The summed E-state index contributed by atoms with van der Waals surface area (Å²) in [4.78, 5) is 11.5. The summed E-state index contributed by atoms with van der Waals surface area (Å²) in [6.45, 7) is 2.58. The fraction of sp³-hybridized carbons (Fsp3) is 0.387. The molecule has 4 rings (SSSR count). The summed E-state index contributed by atoms with van der Waals surface area (Å²) in [5.74, 6) is 0.261. The molecular formula is C31H35ClO6S. The summed E-state index contributed by atoms with van der Waals surface area (Å²) in [5, 5.41) is 19.3. The maximum absolute atomic E-state index is 13.1. The Morgan fingerprint density at radius 3 is 2.51 bits per heavy atom. The minimum Gasteiger partial charge on any atom is -0.494 e. The van der Waals surface area contributed by atoms with E-state index in [9.17, 15) is 14.1 Å². The van der Waals surface area contributed by atoms with E-state index >= 15 is 0 Å². The molecule has 1 aliphatic heterocycles. The number of ether oxygens (including phenoxy) is 2. The van der Waals surface area contributed by atoms with Crippen LogP contribution < -0.4 is 4.74 Å². The summed E-state index contributed by atoms with van der Waals surface area (Å²) in [5.41, 5.74) is 3.98. The van der Waals surface area contributed by atoms with Gasteiger partial charge in [-0.15, -0.1) is 11.6 Å². The third-order valence-electron chi connectivity index (χ3n) is 6.82. The number of hydrogen-bond donors (Lipinski definition) is 2. The van der Waals surface area contributed by atoms with Crippen LogP contribution in [0.25, 0.3) is 0 Å². The zero-order chi connectivity index (χ0) is 27.8. The number of aliphatic carboxylic acids is 1. The molecule has 1 heterocycles. The summed E-state index contributed by atoms with van der Waals surface area (Å²) in [7, 11) is -1.32. The van der Waals surface area contributed by atoms with Gasteiger partial charge in [0, 0.05) is 24.2 Å². The lowest BCUT2D eigenvalue weighted by atomic mass is 9.93. The van der Waals surface area contributed by atoms with Crippen LogP contribution in [0, 0.1) is 0 Å². The first-order chi connectivity index (χ1) is 18.8. The first kappa shape index (κ1) is 29.3. The maximum atomic E-state index is 13.1. The molecule has 1 saturated heterocycles. The lowest BCUT2D eigenvalue weighted by Crippen LogP contribution is -2.39. The van der Waals surface area contributed by atoms with Crippen molar-refractivity contribution < 1.29 is 28.7 Å². The number of carbonyl (C=O) groups is 1. The van der Waals surface area contributed by atoms with Crippen LogP contribution in [0.3, 0.4) is 0 Å². The van der Waals surface area contributed by atoms with Gasteiger partial charge in [0.25, 0.3) is 0 Å². The largest absolute Gasteiger partial charge is 0.494 e. The standard InChI is InChI=1S/C31H35ClO6S/c1-2-37-26-11-6-22(7-12-26)16-24-17-23(4-3-5-29(24)32)30-19-25(33)18-27(38-30)20-39(36)28-13-8-21(9-14-28)10-15-31(34)35/h3-9,11-14,17,25,27,29-30,33H,2,10,15-16,18-20H2,1H3,(H,34,35). The highest BCUT2D eigenvalue weighted by Crippen LogP contribution is 2.31. The predicted octanol–water partition coefficient (Wildman–Crippen LogP) is 5.39. The van der Waals surface area contributed by atoms with E-state index in [2.05, 4.69) is 6.08 Å². The first-order valence-corrected chi connectivity index (χ1v) is 15.0. The smallest absolute Gasteiger partial charge is 0.303 e. The van der Waals surface area contributed by atoms with Gasteiger partial charge in [0.05, 0.1) is 46.8 Å². The minimum absolute atomic E-state index is 0.0590. The normalized spacial score (nSPS) is 23.9. The minimum atomic E-state index is -1.32. The van der Waals surface area contributed by atoms with Gasteiger partial charge in [0.1, 0.15) is 5.75 Å². The number of aryl methyl sites for hydroxylation is 1. The summed E-state index contributed by atoms with van der Waals surface area (Å²) in [6.07, 6.45) is 8.70. The molecule has 2 aromatic carbocycles. The molecule has 2 N–H and O–H groups in total. The van der Waals surface area contributed by atoms with E-state index in [1.54, 1.807) is 12.1 Å². The van der Waals surface area contributed by atoms with Gasteiger partial charge in [-0.1, -0.05) is 48.6 Å². The van der Waals surface area contributed by atoms with Crippen LogP contribution in [0.2, 0.25) is 0 Å². The quantitative estimate of drug-likeness (QED) is 0.352. The molecule has 0 aromatic heterocycles. The third-order valence-corrected chi connectivity index (χ3v) is 8.72. The Morgan fingerprint density at radius 2 is 1.82 bits per heavy atom. The molecule has 1 aliphatic carbocycles. The van der Waals surface area contributed by atoms with Gasteiger partial charge in [-0.05, 0) is 66.3 Å². The zero-order valence-electron chi connectivity index (χ0n) is 22.0. The van der Waals surface area contributed by atoms with Gasteiger partial charge < -0.3 is 19.7 Å². The molecule has 2 aliphatic rings. The highest BCUT2D eigenvalue weighted by atomic mass is 35.5. The Bertz CT molecular complexity index is 1230. The summed E-state index contributed by atoms with van der Waals surface area (Å²) in [6, 6.07) is 15.2. The number of benzene rings is 2. The number of hydrogen-bond acceptors (Lipinski definition) is 5. The van der Waals surface area contributed by atoms with Gasteiger partial charge in [-0.3, -0.25) is 9.00 Å². The Kier molecular flexibility index (Phi) is 10.6. The lowest BCUT2D eigenvalue weighted by molar-refractivity contribution is -0.136. The highest BCUT2D eigenvalue weighted by molar-refractivity contribution is 7.85. The molecule has 0 radical (unpaired) electrons. The van der Waals surface area contributed by atoms with Crippen LogP contribution in [-0.2, 0) is 33.2 Å². The van der Waals surface area contributed by atoms with Gasteiger partial charge in [-0.2, -0.15) is 0 Å². The number of allylic oxidation sites excluding steroid dienone is 4. The predicted molar refractivity (Wildman–Crippen MR) is 154 cm³/mol. The summed E-state index contributed by atoms with van der Waals surface area (Å²) >= 11 is 6.69. The molecule has 0 saturated carbocycles. The van der Waals surface area contributed by atoms with E-state index in [1.807, 2.05) is 61.5 Å². The Labute approximate surface area is 237 Å². The van der Waals surface area contributed by atoms with Crippen LogP contribution in [-0.4, -0.2) is 56.4 Å². The molecule has 0 spiro atoms. The van der Waals surface area contributed by atoms with E-state index in [-0.39, 0.29) is 29.8 Å². The fourth-order valence-electron chi connectivity index (χ4n) is 4.82. The molecule has 39 heavy (non-hydrogen) atoms. The monoisotopic (exact) mass is 570 g/mol. The number of carboxylic acid groups (broad SMARTS) is 1. The van der Waals surface area contributed by atoms with Crippen molar-refractivity contribution in [3.63, 3.8) is 0 Å². The Balaban J connectivity index is 1.42.